The van der Waals surface area contributed by atoms with Gasteiger partial charge in [0, 0.05) is 11.6 Å². The van der Waals surface area contributed by atoms with Crippen molar-refractivity contribution in [3.8, 4) is 5.75 Å². The lowest BCUT2D eigenvalue weighted by molar-refractivity contribution is -0.385. The predicted molar refractivity (Wildman–Crippen MR) is 78.9 cm³/mol. The third kappa shape index (κ3) is 4.62. The Kier molecular flexibility index (Phi) is 5.12. The number of anilines is 1. The summed E-state index contributed by atoms with van der Waals surface area (Å²) in [7, 11) is 1.43. The highest BCUT2D eigenvalue weighted by Gasteiger charge is 2.21. The Labute approximate surface area is 123 Å². The summed E-state index contributed by atoms with van der Waals surface area (Å²) in [6, 6.07) is 2.83. The quantitative estimate of drug-likeness (QED) is 0.678. The van der Waals surface area contributed by atoms with Crippen LogP contribution in [0, 0.1) is 10.1 Å². The number of ether oxygens (including phenoxy) is 2. The van der Waals surface area contributed by atoms with E-state index in [2.05, 4.69) is 5.32 Å². The molecule has 0 aliphatic carbocycles. The van der Waals surface area contributed by atoms with Crippen LogP contribution in [0.4, 0.5) is 16.2 Å². The molecule has 0 unspecified atom stereocenters. The lowest BCUT2D eigenvalue weighted by atomic mass is 10.1. The van der Waals surface area contributed by atoms with Crippen LogP contribution in [0.2, 0.25) is 0 Å². The van der Waals surface area contributed by atoms with Crippen LogP contribution in [-0.4, -0.2) is 23.7 Å². The molecular formula is C14H20N2O5. The number of nitro benzene ring substituents is 1. The number of amides is 1. The molecule has 1 N–H and O–H groups in total. The number of rotatable bonds is 4. The minimum absolute atomic E-state index is 0.0654. The highest BCUT2D eigenvalue weighted by molar-refractivity contribution is 5.88. The second kappa shape index (κ2) is 6.43. The van der Waals surface area contributed by atoms with Gasteiger partial charge in [0.15, 0.2) is 0 Å². The number of aryl methyl sites for hydroxylation is 1. The van der Waals surface area contributed by atoms with Crippen LogP contribution in [0.3, 0.4) is 0 Å². The summed E-state index contributed by atoms with van der Waals surface area (Å²) in [6.45, 7) is 6.99. The summed E-state index contributed by atoms with van der Waals surface area (Å²) in [5.74, 6) is 0.350. The molecule has 0 heterocycles. The first-order valence-electron chi connectivity index (χ1n) is 6.53. The van der Waals surface area contributed by atoms with Gasteiger partial charge in [-0.25, -0.2) is 4.79 Å². The van der Waals surface area contributed by atoms with Crippen molar-refractivity contribution >= 4 is 17.5 Å². The van der Waals surface area contributed by atoms with Gasteiger partial charge in [0.2, 0.25) is 0 Å². The standard InChI is InChI=1S/C14H20N2O5/c1-6-9-7-12(20-5)10(8-11(9)16(18)19)15-13(17)21-14(2,3)4/h7-8H,6H2,1-5H3,(H,15,17). The number of carbonyl (C=O) groups is 1. The van der Waals surface area contributed by atoms with Crippen molar-refractivity contribution in [2.75, 3.05) is 12.4 Å². The van der Waals surface area contributed by atoms with Gasteiger partial charge in [0.1, 0.15) is 11.4 Å². The Bertz CT molecular complexity index is 549. The minimum Gasteiger partial charge on any atom is -0.495 e. The lowest BCUT2D eigenvalue weighted by Crippen LogP contribution is -2.27. The highest BCUT2D eigenvalue weighted by atomic mass is 16.6. The average molecular weight is 296 g/mol. The molecule has 0 saturated carbocycles. The Hall–Kier alpha value is -2.31. The molecule has 0 bridgehead atoms. The fourth-order valence-electron chi connectivity index (χ4n) is 1.74. The van der Waals surface area contributed by atoms with Crippen molar-refractivity contribution in [3.05, 3.63) is 27.8 Å². The zero-order chi connectivity index (χ0) is 16.2. The number of benzene rings is 1. The number of methoxy groups -OCH3 is 1. The van der Waals surface area contributed by atoms with Crippen molar-refractivity contribution in [2.24, 2.45) is 0 Å². The van der Waals surface area contributed by atoms with E-state index in [-0.39, 0.29) is 11.4 Å². The summed E-state index contributed by atoms with van der Waals surface area (Å²) >= 11 is 0. The van der Waals surface area contributed by atoms with Gasteiger partial charge in [-0.3, -0.25) is 15.4 Å². The number of nitrogens with one attached hydrogen (secondary N) is 1. The molecule has 7 nitrogen and oxygen atoms in total. The van der Waals surface area contributed by atoms with Gasteiger partial charge in [0.05, 0.1) is 17.7 Å². The molecule has 0 spiro atoms. The van der Waals surface area contributed by atoms with Gasteiger partial charge < -0.3 is 9.47 Å². The number of hydrogen-bond acceptors (Lipinski definition) is 5. The maximum atomic E-state index is 11.8. The van der Waals surface area contributed by atoms with Crippen LogP contribution < -0.4 is 10.1 Å². The van der Waals surface area contributed by atoms with E-state index in [1.807, 2.05) is 6.92 Å². The Morgan fingerprint density at radius 3 is 2.43 bits per heavy atom. The summed E-state index contributed by atoms with van der Waals surface area (Å²) in [6.07, 6.45) is -0.210. The molecule has 1 aromatic rings. The van der Waals surface area contributed by atoms with Gasteiger partial charge in [-0.05, 0) is 33.3 Å². The third-order valence-electron chi connectivity index (χ3n) is 2.61. The lowest BCUT2D eigenvalue weighted by Gasteiger charge is -2.20. The van der Waals surface area contributed by atoms with Gasteiger partial charge in [0.25, 0.3) is 5.69 Å². The highest BCUT2D eigenvalue weighted by Crippen LogP contribution is 2.33. The molecule has 0 aromatic heterocycles. The first kappa shape index (κ1) is 16.7. The predicted octanol–water partition coefficient (Wildman–Crippen LogP) is 3.51. The van der Waals surface area contributed by atoms with E-state index in [1.54, 1.807) is 26.8 Å². The normalized spacial score (nSPS) is 10.9. The molecule has 0 radical (unpaired) electrons. The zero-order valence-electron chi connectivity index (χ0n) is 12.9. The summed E-state index contributed by atoms with van der Waals surface area (Å²) < 4.78 is 10.3. The molecule has 0 atom stereocenters. The number of hydrogen-bond donors (Lipinski definition) is 1. The maximum Gasteiger partial charge on any atom is 0.412 e. The third-order valence-corrected chi connectivity index (χ3v) is 2.61. The SMILES string of the molecule is CCc1cc(OC)c(NC(=O)OC(C)(C)C)cc1[N+](=O)[O-]. The van der Waals surface area contributed by atoms with Crippen molar-refractivity contribution in [1.29, 1.82) is 0 Å². The Morgan fingerprint density at radius 1 is 1.38 bits per heavy atom. The molecule has 0 aliphatic rings. The van der Waals surface area contributed by atoms with E-state index < -0.39 is 16.6 Å². The van der Waals surface area contributed by atoms with Crippen LogP contribution in [0.25, 0.3) is 0 Å². The van der Waals surface area contributed by atoms with Crippen molar-refractivity contribution in [1.82, 2.24) is 0 Å². The molecule has 1 aromatic carbocycles. The number of carbonyl (C=O) groups excluding carboxylic acids is 1. The fraction of sp³-hybridized carbons (Fsp3) is 0.500. The minimum atomic E-state index is -0.695. The van der Waals surface area contributed by atoms with Gasteiger partial charge in [-0.1, -0.05) is 6.92 Å². The van der Waals surface area contributed by atoms with E-state index >= 15 is 0 Å². The van der Waals surface area contributed by atoms with E-state index in [0.29, 0.717) is 17.7 Å². The maximum absolute atomic E-state index is 11.8. The van der Waals surface area contributed by atoms with Crippen LogP contribution in [-0.2, 0) is 11.2 Å². The zero-order valence-corrected chi connectivity index (χ0v) is 12.9. The summed E-state index contributed by atoms with van der Waals surface area (Å²) in [5, 5.41) is 13.5. The monoisotopic (exact) mass is 296 g/mol. The van der Waals surface area contributed by atoms with Crippen LogP contribution in [0.1, 0.15) is 33.3 Å². The molecule has 116 valence electrons. The summed E-state index contributed by atoms with van der Waals surface area (Å²) in [4.78, 5) is 22.4. The Morgan fingerprint density at radius 2 is 2.00 bits per heavy atom. The van der Waals surface area contributed by atoms with Gasteiger partial charge in [-0.2, -0.15) is 0 Å². The molecule has 1 amide bonds. The molecule has 21 heavy (non-hydrogen) atoms. The second-order valence-corrected chi connectivity index (χ2v) is 5.42. The molecular weight excluding hydrogens is 276 g/mol. The molecule has 7 heteroatoms. The fourth-order valence-corrected chi connectivity index (χ4v) is 1.74. The van der Waals surface area contributed by atoms with Crippen molar-refractivity contribution in [3.63, 3.8) is 0 Å². The van der Waals surface area contributed by atoms with Crippen LogP contribution in [0.15, 0.2) is 12.1 Å². The van der Waals surface area contributed by atoms with E-state index in [4.69, 9.17) is 9.47 Å². The largest absolute Gasteiger partial charge is 0.495 e. The average Bonchev–Trinajstić information content (AvgIpc) is 2.35. The molecule has 0 aliphatic heterocycles. The van der Waals surface area contributed by atoms with Gasteiger partial charge >= 0.3 is 6.09 Å². The number of nitro groups is 1. The van der Waals surface area contributed by atoms with Crippen LogP contribution in [0.5, 0.6) is 5.75 Å². The van der Waals surface area contributed by atoms with Crippen molar-refractivity contribution in [2.45, 2.75) is 39.7 Å². The Balaban J connectivity index is 3.13. The smallest absolute Gasteiger partial charge is 0.412 e. The topological polar surface area (TPSA) is 90.7 Å². The van der Waals surface area contributed by atoms with E-state index in [0.717, 1.165) is 0 Å². The number of nitrogens with zero attached hydrogens (tertiary/aromatic N) is 1. The molecule has 0 saturated heterocycles. The molecule has 0 fully saturated rings. The van der Waals surface area contributed by atoms with Gasteiger partial charge in [-0.15, -0.1) is 0 Å². The van der Waals surface area contributed by atoms with Crippen molar-refractivity contribution < 1.29 is 19.2 Å². The van der Waals surface area contributed by atoms with Crippen LogP contribution >= 0.6 is 0 Å². The van der Waals surface area contributed by atoms with E-state index in [1.165, 1.54) is 13.2 Å². The first-order chi connectivity index (χ1) is 9.67. The second-order valence-electron chi connectivity index (χ2n) is 5.42. The van der Waals surface area contributed by atoms with E-state index in [9.17, 15) is 14.9 Å². The molecule has 1 rings (SSSR count). The first-order valence-corrected chi connectivity index (χ1v) is 6.53. The summed E-state index contributed by atoms with van der Waals surface area (Å²) in [5.41, 5.74) is 0.0127.